The topological polar surface area (TPSA) is 76.9 Å². The highest BCUT2D eigenvalue weighted by Gasteiger charge is 2.19. The van der Waals surface area contributed by atoms with E-state index in [0.29, 0.717) is 34.5 Å². The largest absolute Gasteiger partial charge is 0.356 e. The third kappa shape index (κ3) is 5.06. The number of amides is 1. The van der Waals surface area contributed by atoms with Gasteiger partial charge >= 0.3 is 0 Å². The average Bonchev–Trinajstić information content (AvgIpc) is 3.26. The molecule has 3 aromatic rings. The number of Topliss-reactive ketones (excluding diaryl/α,β-unsaturated/α-hetero) is 1. The molecule has 0 unspecified atom stereocenters. The van der Waals surface area contributed by atoms with Crippen LogP contribution in [-0.4, -0.2) is 38.8 Å². The second kappa shape index (κ2) is 9.44. The summed E-state index contributed by atoms with van der Waals surface area (Å²) >= 11 is 5.91. The number of aromatic nitrogens is 3. The fourth-order valence-electron chi connectivity index (χ4n) is 2.45. The smallest absolute Gasteiger partial charge is 0.216 e. The average molecular weight is 483 g/mol. The first-order valence-corrected chi connectivity index (χ1v) is 10.9. The van der Waals surface area contributed by atoms with Crippen LogP contribution in [0.2, 0.25) is 0 Å². The second-order valence-electron chi connectivity index (χ2n) is 5.73. The SMILES string of the molecule is CC(=O)NCCc1nnc(SCC(=O)c2ccc(Br)s2)n1-c1ccccc1F. The molecule has 28 heavy (non-hydrogen) atoms. The quantitative estimate of drug-likeness (QED) is 0.389. The van der Waals surface area contributed by atoms with E-state index in [2.05, 4.69) is 31.4 Å². The summed E-state index contributed by atoms with van der Waals surface area (Å²) in [5, 5.41) is 11.4. The van der Waals surface area contributed by atoms with Crippen molar-refractivity contribution in [2.75, 3.05) is 12.3 Å². The maximum Gasteiger partial charge on any atom is 0.216 e. The van der Waals surface area contributed by atoms with Crippen LogP contribution in [-0.2, 0) is 11.2 Å². The summed E-state index contributed by atoms with van der Waals surface area (Å²) in [6, 6.07) is 9.89. The van der Waals surface area contributed by atoms with E-state index in [0.717, 1.165) is 3.79 Å². The van der Waals surface area contributed by atoms with Crippen LogP contribution in [0.1, 0.15) is 22.4 Å². The zero-order valence-corrected chi connectivity index (χ0v) is 18.0. The van der Waals surface area contributed by atoms with Gasteiger partial charge in [-0.25, -0.2) is 4.39 Å². The molecule has 1 N–H and O–H groups in total. The van der Waals surface area contributed by atoms with Crippen molar-refractivity contribution >= 4 is 50.7 Å². The van der Waals surface area contributed by atoms with Crippen LogP contribution in [0.15, 0.2) is 45.3 Å². The van der Waals surface area contributed by atoms with E-state index in [9.17, 15) is 14.0 Å². The lowest BCUT2D eigenvalue weighted by atomic mass is 10.3. The molecule has 2 heterocycles. The standard InChI is InChI=1S/C18H16BrFN4O2S2/c1-11(25)21-9-8-17-22-23-18(24(17)13-5-3-2-4-12(13)20)27-10-14(26)15-6-7-16(19)28-15/h2-7H,8-10H2,1H3,(H,21,25). The molecule has 0 fully saturated rings. The van der Waals surface area contributed by atoms with Crippen LogP contribution >= 0.6 is 39.0 Å². The van der Waals surface area contributed by atoms with Crippen molar-refractivity contribution < 1.29 is 14.0 Å². The molecule has 0 spiro atoms. The number of nitrogens with one attached hydrogen (secondary N) is 1. The first kappa shape index (κ1) is 20.7. The van der Waals surface area contributed by atoms with Gasteiger partial charge in [0.25, 0.3) is 0 Å². The first-order valence-electron chi connectivity index (χ1n) is 8.30. The van der Waals surface area contributed by atoms with E-state index < -0.39 is 5.82 Å². The summed E-state index contributed by atoms with van der Waals surface area (Å²) < 4.78 is 16.9. The van der Waals surface area contributed by atoms with Gasteiger partial charge < -0.3 is 5.32 Å². The lowest BCUT2D eigenvalue weighted by molar-refractivity contribution is -0.118. The molecule has 2 aromatic heterocycles. The van der Waals surface area contributed by atoms with E-state index >= 15 is 0 Å². The Bertz CT molecular complexity index is 1010. The number of thioether (sulfide) groups is 1. The molecule has 0 atom stereocenters. The highest BCUT2D eigenvalue weighted by molar-refractivity contribution is 9.11. The number of rotatable bonds is 8. The van der Waals surface area contributed by atoms with Gasteiger partial charge in [-0.3, -0.25) is 14.2 Å². The van der Waals surface area contributed by atoms with Gasteiger partial charge in [0.1, 0.15) is 11.6 Å². The van der Waals surface area contributed by atoms with E-state index in [-0.39, 0.29) is 17.4 Å². The molecule has 0 radical (unpaired) electrons. The predicted molar refractivity (Wildman–Crippen MR) is 111 cm³/mol. The highest BCUT2D eigenvalue weighted by atomic mass is 79.9. The van der Waals surface area contributed by atoms with Gasteiger partial charge in [-0.15, -0.1) is 21.5 Å². The van der Waals surface area contributed by atoms with Gasteiger partial charge in [-0.05, 0) is 40.2 Å². The number of carbonyl (C=O) groups is 2. The monoisotopic (exact) mass is 482 g/mol. The zero-order valence-electron chi connectivity index (χ0n) is 14.8. The summed E-state index contributed by atoms with van der Waals surface area (Å²) in [5.41, 5.74) is 0.305. The van der Waals surface area contributed by atoms with Gasteiger partial charge in [-0.1, -0.05) is 23.9 Å². The fraction of sp³-hybridized carbons (Fsp3) is 0.222. The molecule has 0 aliphatic rings. The zero-order chi connectivity index (χ0) is 20.1. The molecule has 3 rings (SSSR count). The van der Waals surface area contributed by atoms with Crippen molar-refractivity contribution in [1.29, 1.82) is 0 Å². The molecular weight excluding hydrogens is 467 g/mol. The van der Waals surface area contributed by atoms with Gasteiger partial charge in [-0.2, -0.15) is 0 Å². The van der Waals surface area contributed by atoms with E-state index in [1.807, 2.05) is 6.07 Å². The van der Waals surface area contributed by atoms with Crippen LogP contribution in [0.5, 0.6) is 0 Å². The van der Waals surface area contributed by atoms with Gasteiger partial charge in [0.2, 0.25) is 5.91 Å². The number of thiophene rings is 1. The Labute approximate surface area is 177 Å². The molecule has 146 valence electrons. The number of ketones is 1. The van der Waals surface area contributed by atoms with Crippen molar-refractivity contribution in [3.8, 4) is 5.69 Å². The lowest BCUT2D eigenvalue weighted by Crippen LogP contribution is -2.23. The Morgan fingerprint density at radius 2 is 2.04 bits per heavy atom. The normalized spacial score (nSPS) is 10.8. The number of para-hydroxylation sites is 1. The van der Waals surface area contributed by atoms with Crippen LogP contribution in [0.25, 0.3) is 5.69 Å². The molecule has 10 heteroatoms. The van der Waals surface area contributed by atoms with E-state index in [1.54, 1.807) is 28.8 Å². The molecule has 0 aliphatic heterocycles. The number of nitrogens with zero attached hydrogens (tertiary/aromatic N) is 3. The van der Waals surface area contributed by atoms with Crippen LogP contribution < -0.4 is 5.32 Å². The molecule has 0 saturated heterocycles. The number of benzene rings is 1. The Hall–Kier alpha value is -2.04. The minimum absolute atomic E-state index is 0.0384. The third-order valence-electron chi connectivity index (χ3n) is 3.70. The lowest BCUT2D eigenvalue weighted by Gasteiger charge is -2.11. The van der Waals surface area contributed by atoms with Crippen molar-refractivity contribution in [2.24, 2.45) is 0 Å². The Morgan fingerprint density at radius 3 is 2.71 bits per heavy atom. The molecule has 1 aromatic carbocycles. The molecular formula is C18H16BrFN4O2S2. The summed E-state index contributed by atoms with van der Waals surface area (Å²) in [5.74, 6) is 0.0551. The number of hydrogen-bond acceptors (Lipinski definition) is 6. The minimum atomic E-state index is -0.418. The molecule has 6 nitrogen and oxygen atoms in total. The number of carbonyl (C=O) groups excluding carboxylic acids is 2. The number of hydrogen-bond donors (Lipinski definition) is 1. The summed E-state index contributed by atoms with van der Waals surface area (Å²) in [4.78, 5) is 24.1. The van der Waals surface area contributed by atoms with Crippen molar-refractivity contribution in [1.82, 2.24) is 20.1 Å². The fourth-order valence-corrected chi connectivity index (χ4v) is 4.71. The highest BCUT2D eigenvalue weighted by Crippen LogP contribution is 2.27. The van der Waals surface area contributed by atoms with E-state index in [1.165, 1.54) is 36.1 Å². The van der Waals surface area contributed by atoms with Gasteiger partial charge in [0.15, 0.2) is 10.9 Å². The van der Waals surface area contributed by atoms with Gasteiger partial charge in [0, 0.05) is 19.9 Å². The van der Waals surface area contributed by atoms with Crippen LogP contribution in [0.4, 0.5) is 4.39 Å². The minimum Gasteiger partial charge on any atom is -0.356 e. The molecule has 0 aliphatic carbocycles. The van der Waals surface area contributed by atoms with Crippen molar-refractivity contribution in [3.05, 3.63) is 56.7 Å². The second-order valence-corrected chi connectivity index (χ2v) is 9.14. The maximum absolute atomic E-state index is 14.4. The molecule has 0 bridgehead atoms. The van der Waals surface area contributed by atoms with Crippen LogP contribution in [0.3, 0.4) is 0 Å². The van der Waals surface area contributed by atoms with Crippen molar-refractivity contribution in [3.63, 3.8) is 0 Å². The van der Waals surface area contributed by atoms with Gasteiger partial charge in [0.05, 0.1) is 20.1 Å². The Balaban J connectivity index is 1.83. The number of halogens is 2. The van der Waals surface area contributed by atoms with Crippen LogP contribution in [0, 0.1) is 5.82 Å². The summed E-state index contributed by atoms with van der Waals surface area (Å²) in [6.07, 6.45) is 0.382. The summed E-state index contributed by atoms with van der Waals surface area (Å²) in [7, 11) is 0. The Kier molecular flexibility index (Phi) is 6.97. The molecule has 0 saturated carbocycles. The third-order valence-corrected chi connectivity index (χ3v) is 6.29. The first-order chi connectivity index (χ1) is 13.5. The predicted octanol–water partition coefficient (Wildman–Crippen LogP) is 3.88. The van der Waals surface area contributed by atoms with E-state index in [4.69, 9.17) is 0 Å². The summed E-state index contributed by atoms with van der Waals surface area (Å²) in [6.45, 7) is 1.78. The molecule has 1 amide bonds. The maximum atomic E-state index is 14.4. The van der Waals surface area contributed by atoms with Crippen molar-refractivity contribution in [2.45, 2.75) is 18.5 Å². The Morgan fingerprint density at radius 1 is 1.25 bits per heavy atom.